The minimum Gasteiger partial charge on any atom is -0.494 e. The Morgan fingerprint density at radius 3 is 2.50 bits per heavy atom. The van der Waals surface area contributed by atoms with E-state index in [1.807, 2.05) is 55.5 Å². The summed E-state index contributed by atoms with van der Waals surface area (Å²) in [4.78, 5) is 17.6. The molecule has 0 atom stereocenters. The highest BCUT2D eigenvalue weighted by molar-refractivity contribution is 6.30. The molecule has 0 spiro atoms. The highest BCUT2D eigenvalue weighted by Gasteiger charge is 2.13. The van der Waals surface area contributed by atoms with Gasteiger partial charge in [0.25, 0.3) is 5.91 Å². The highest BCUT2D eigenvalue weighted by atomic mass is 35.5. The second-order valence-electron chi connectivity index (χ2n) is 6.50. The molecule has 4 aromatic rings. The summed E-state index contributed by atoms with van der Waals surface area (Å²) < 4.78 is 11.4. The molecule has 30 heavy (non-hydrogen) atoms. The topological polar surface area (TPSA) is 63.8 Å². The van der Waals surface area contributed by atoms with Gasteiger partial charge in [-0.1, -0.05) is 29.8 Å². The number of rotatable bonds is 5. The van der Waals surface area contributed by atoms with Gasteiger partial charge in [0.15, 0.2) is 0 Å². The molecule has 0 aliphatic rings. The number of para-hydroxylation sites is 1. The number of carbonyl (C=O) groups excluding carboxylic acids is 1. The number of halogens is 1. The maximum atomic E-state index is 13.0. The van der Waals surface area contributed by atoms with Crippen molar-refractivity contribution < 1.29 is 13.9 Å². The standard InChI is InChI=1S/C24H19ClN2O3/c1-2-29-20-13-11-19(12-14-20)27-24-21(15-16-5-3-4-6-22(16)30-24)23(28)26-18-9-7-17(25)8-10-18/h3-15H,2H2,1H3,(H,26,28). The molecule has 1 aromatic heterocycles. The van der Waals surface area contributed by atoms with E-state index in [2.05, 4.69) is 10.3 Å². The summed E-state index contributed by atoms with van der Waals surface area (Å²) >= 11 is 5.93. The van der Waals surface area contributed by atoms with Gasteiger partial charge in [0, 0.05) is 16.1 Å². The van der Waals surface area contributed by atoms with Gasteiger partial charge in [-0.2, -0.15) is 0 Å². The Hall–Kier alpha value is -3.57. The summed E-state index contributed by atoms with van der Waals surface area (Å²) in [6, 6.07) is 23.5. The van der Waals surface area contributed by atoms with Crippen LogP contribution in [0.15, 0.2) is 88.3 Å². The largest absolute Gasteiger partial charge is 0.494 e. The van der Waals surface area contributed by atoms with Crippen LogP contribution in [0.4, 0.5) is 11.4 Å². The summed E-state index contributed by atoms with van der Waals surface area (Å²) in [5.41, 5.74) is 2.48. The van der Waals surface area contributed by atoms with Gasteiger partial charge in [-0.05, 0) is 67.6 Å². The van der Waals surface area contributed by atoms with Gasteiger partial charge in [-0.15, -0.1) is 0 Å². The van der Waals surface area contributed by atoms with E-state index in [-0.39, 0.29) is 11.5 Å². The lowest BCUT2D eigenvalue weighted by Crippen LogP contribution is -2.21. The lowest BCUT2D eigenvalue weighted by molar-refractivity contribution is 0.102. The molecule has 0 radical (unpaired) electrons. The van der Waals surface area contributed by atoms with E-state index in [0.717, 1.165) is 11.1 Å². The molecule has 6 heteroatoms. The number of nitrogens with one attached hydrogen (secondary N) is 1. The fraction of sp³-hybridized carbons (Fsp3) is 0.0833. The average molecular weight is 419 g/mol. The van der Waals surface area contributed by atoms with E-state index in [0.29, 0.717) is 34.2 Å². The van der Waals surface area contributed by atoms with Crippen LogP contribution in [-0.2, 0) is 0 Å². The normalized spacial score (nSPS) is 11.5. The number of nitrogens with zero attached hydrogens (tertiary/aromatic N) is 1. The van der Waals surface area contributed by atoms with Crippen LogP contribution in [-0.4, -0.2) is 12.5 Å². The van der Waals surface area contributed by atoms with Crippen molar-refractivity contribution in [2.24, 2.45) is 4.99 Å². The van der Waals surface area contributed by atoms with E-state index in [1.165, 1.54) is 0 Å². The van der Waals surface area contributed by atoms with Crippen LogP contribution in [0, 0.1) is 0 Å². The number of hydrogen-bond donors (Lipinski definition) is 1. The predicted octanol–water partition coefficient (Wildman–Crippen LogP) is 5.97. The van der Waals surface area contributed by atoms with Crippen LogP contribution in [0.1, 0.15) is 17.3 Å². The Morgan fingerprint density at radius 1 is 1.03 bits per heavy atom. The smallest absolute Gasteiger partial charge is 0.261 e. The zero-order valence-corrected chi connectivity index (χ0v) is 17.0. The van der Waals surface area contributed by atoms with Gasteiger partial charge in [0.2, 0.25) is 5.55 Å². The molecule has 0 aliphatic carbocycles. The van der Waals surface area contributed by atoms with Gasteiger partial charge in [0.05, 0.1) is 12.3 Å². The summed E-state index contributed by atoms with van der Waals surface area (Å²) in [6.07, 6.45) is 0. The maximum Gasteiger partial charge on any atom is 0.261 e. The Morgan fingerprint density at radius 2 is 1.77 bits per heavy atom. The monoisotopic (exact) mass is 418 g/mol. The van der Waals surface area contributed by atoms with Crippen molar-refractivity contribution in [3.05, 3.63) is 95.0 Å². The molecule has 0 fully saturated rings. The Bertz CT molecular complexity index is 1250. The Labute approximate surface area is 178 Å². The van der Waals surface area contributed by atoms with E-state index in [9.17, 15) is 4.79 Å². The Balaban J connectivity index is 1.77. The Kier molecular flexibility index (Phi) is 5.82. The number of ether oxygens (including phenoxy) is 1. The van der Waals surface area contributed by atoms with Crippen molar-refractivity contribution in [1.29, 1.82) is 0 Å². The average Bonchev–Trinajstić information content (AvgIpc) is 2.76. The number of fused-ring (bicyclic) bond motifs is 1. The third-order valence-corrected chi connectivity index (χ3v) is 4.63. The third kappa shape index (κ3) is 4.53. The van der Waals surface area contributed by atoms with Gasteiger partial charge < -0.3 is 14.5 Å². The van der Waals surface area contributed by atoms with Gasteiger partial charge in [-0.3, -0.25) is 4.79 Å². The van der Waals surface area contributed by atoms with Gasteiger partial charge in [0.1, 0.15) is 16.9 Å². The molecule has 0 unspecified atom stereocenters. The van der Waals surface area contributed by atoms with Crippen LogP contribution in [0.2, 0.25) is 5.02 Å². The van der Waals surface area contributed by atoms with Crippen molar-refractivity contribution in [2.75, 3.05) is 11.9 Å². The molecule has 5 nitrogen and oxygen atoms in total. The second kappa shape index (κ2) is 8.84. The molecule has 3 aromatic carbocycles. The predicted molar refractivity (Wildman–Crippen MR) is 118 cm³/mol. The zero-order valence-electron chi connectivity index (χ0n) is 16.3. The van der Waals surface area contributed by atoms with Crippen LogP contribution in [0.5, 0.6) is 5.75 Å². The maximum absolute atomic E-state index is 13.0. The fourth-order valence-corrected chi connectivity index (χ4v) is 3.07. The van der Waals surface area contributed by atoms with Crippen molar-refractivity contribution in [2.45, 2.75) is 6.92 Å². The minimum atomic E-state index is -0.323. The highest BCUT2D eigenvalue weighted by Crippen LogP contribution is 2.20. The van der Waals surface area contributed by atoms with Crippen molar-refractivity contribution in [3.63, 3.8) is 0 Å². The van der Waals surface area contributed by atoms with Crippen LogP contribution < -0.4 is 15.6 Å². The van der Waals surface area contributed by atoms with Crippen LogP contribution in [0.25, 0.3) is 11.0 Å². The zero-order chi connectivity index (χ0) is 20.9. The summed E-state index contributed by atoms with van der Waals surface area (Å²) in [7, 11) is 0. The van der Waals surface area contributed by atoms with Gasteiger partial charge >= 0.3 is 0 Å². The van der Waals surface area contributed by atoms with E-state index < -0.39 is 0 Å². The van der Waals surface area contributed by atoms with Crippen molar-refractivity contribution in [1.82, 2.24) is 0 Å². The molecule has 4 rings (SSSR count). The summed E-state index contributed by atoms with van der Waals surface area (Å²) in [6.45, 7) is 2.52. The first-order valence-electron chi connectivity index (χ1n) is 9.50. The van der Waals surface area contributed by atoms with Crippen LogP contribution in [0.3, 0.4) is 0 Å². The van der Waals surface area contributed by atoms with Crippen molar-refractivity contribution in [3.8, 4) is 5.75 Å². The fourth-order valence-electron chi connectivity index (χ4n) is 2.95. The molecular formula is C24H19ClN2O3. The third-order valence-electron chi connectivity index (χ3n) is 4.38. The first kappa shape index (κ1) is 19.7. The number of amides is 1. The minimum absolute atomic E-state index is 0.226. The molecule has 1 heterocycles. The molecular weight excluding hydrogens is 400 g/mol. The van der Waals surface area contributed by atoms with E-state index in [1.54, 1.807) is 30.3 Å². The van der Waals surface area contributed by atoms with Gasteiger partial charge in [-0.25, -0.2) is 4.99 Å². The van der Waals surface area contributed by atoms with E-state index >= 15 is 0 Å². The lowest BCUT2D eigenvalue weighted by atomic mass is 10.1. The molecule has 1 amide bonds. The molecule has 1 N–H and O–H groups in total. The first-order valence-corrected chi connectivity index (χ1v) is 9.87. The quantitative estimate of drug-likeness (QED) is 0.434. The summed E-state index contributed by atoms with van der Waals surface area (Å²) in [5, 5.41) is 4.27. The number of benzene rings is 3. The SMILES string of the molecule is CCOc1ccc(N=c2oc3ccccc3cc2C(=O)Nc2ccc(Cl)cc2)cc1. The number of anilines is 1. The van der Waals surface area contributed by atoms with Crippen LogP contribution >= 0.6 is 11.6 Å². The molecule has 0 bridgehead atoms. The lowest BCUT2D eigenvalue weighted by Gasteiger charge is -2.07. The second-order valence-corrected chi connectivity index (χ2v) is 6.94. The number of hydrogen-bond acceptors (Lipinski definition) is 4. The molecule has 0 saturated carbocycles. The molecule has 0 aliphatic heterocycles. The number of carbonyl (C=O) groups is 1. The molecule has 150 valence electrons. The first-order chi connectivity index (χ1) is 14.6. The molecule has 0 saturated heterocycles. The van der Waals surface area contributed by atoms with E-state index in [4.69, 9.17) is 20.8 Å². The van der Waals surface area contributed by atoms with Crippen molar-refractivity contribution >= 4 is 39.9 Å². The summed E-state index contributed by atoms with van der Waals surface area (Å²) in [5.74, 6) is 0.434.